The molecule has 0 amide bonds. The van der Waals surface area contributed by atoms with E-state index in [2.05, 4.69) is 10.6 Å². The molecular formula is C16H20N2O4S. The first-order valence-electron chi connectivity index (χ1n) is 7.42. The van der Waals surface area contributed by atoms with Crippen molar-refractivity contribution in [3.63, 3.8) is 0 Å². The van der Waals surface area contributed by atoms with Crippen LogP contribution in [0.3, 0.4) is 0 Å². The van der Waals surface area contributed by atoms with Crippen LogP contribution in [0.25, 0.3) is 0 Å². The van der Waals surface area contributed by atoms with Gasteiger partial charge in [-0.1, -0.05) is 30.3 Å². The maximum Gasteiger partial charge on any atom is 0.356 e. The average Bonchev–Trinajstić information content (AvgIpc) is 2.99. The van der Waals surface area contributed by atoms with Gasteiger partial charge in [-0.3, -0.25) is 0 Å². The fraction of sp³-hybridized carbons (Fsp3) is 0.375. The highest BCUT2D eigenvalue weighted by Gasteiger charge is 2.33. The van der Waals surface area contributed by atoms with Gasteiger partial charge in [0.1, 0.15) is 5.50 Å². The summed E-state index contributed by atoms with van der Waals surface area (Å²) in [5.41, 5.74) is 1.10. The minimum atomic E-state index is -0.564. The Morgan fingerprint density at radius 3 is 2.00 bits per heavy atom. The third-order valence-corrected chi connectivity index (χ3v) is 4.09. The second-order valence-corrected chi connectivity index (χ2v) is 5.75. The van der Waals surface area contributed by atoms with Crippen molar-refractivity contribution in [2.24, 2.45) is 0 Å². The van der Waals surface area contributed by atoms with E-state index in [1.807, 2.05) is 30.3 Å². The maximum atomic E-state index is 12.0. The number of nitrogens with one attached hydrogen (secondary N) is 2. The molecular weight excluding hydrogens is 316 g/mol. The van der Waals surface area contributed by atoms with Crippen molar-refractivity contribution >= 4 is 23.7 Å². The molecule has 2 rings (SSSR count). The summed E-state index contributed by atoms with van der Waals surface area (Å²) in [5, 5.41) is 5.98. The normalized spacial score (nSPS) is 14.2. The van der Waals surface area contributed by atoms with Gasteiger partial charge in [0.15, 0.2) is 11.4 Å². The van der Waals surface area contributed by atoms with Gasteiger partial charge in [-0.2, -0.15) is 0 Å². The van der Waals surface area contributed by atoms with Crippen molar-refractivity contribution in [2.75, 3.05) is 13.2 Å². The first-order valence-corrected chi connectivity index (χ1v) is 8.47. The van der Waals surface area contributed by atoms with E-state index in [1.54, 1.807) is 13.8 Å². The standard InChI is InChI=1S/C16H20N2O4S/c1-3-21-14(19)12-13(15(20)22-4-2)18-16(17-12)23-10-11-8-6-5-7-9-11/h5-9,16-18H,3-4,10H2,1-2H3. The molecule has 2 N–H and O–H groups in total. The number of esters is 2. The second-order valence-electron chi connectivity index (χ2n) is 4.66. The third-order valence-electron chi connectivity index (χ3n) is 3.02. The highest BCUT2D eigenvalue weighted by atomic mass is 32.2. The highest BCUT2D eigenvalue weighted by molar-refractivity contribution is 7.99. The largest absolute Gasteiger partial charge is 0.461 e. The van der Waals surface area contributed by atoms with Crippen LogP contribution in [-0.2, 0) is 24.8 Å². The van der Waals surface area contributed by atoms with Crippen LogP contribution in [0.4, 0.5) is 0 Å². The third kappa shape index (κ3) is 4.66. The van der Waals surface area contributed by atoms with Crippen molar-refractivity contribution in [2.45, 2.75) is 25.1 Å². The summed E-state index contributed by atoms with van der Waals surface area (Å²) in [5.74, 6) is -0.394. The molecule has 0 saturated heterocycles. The van der Waals surface area contributed by atoms with E-state index in [-0.39, 0.29) is 30.1 Å². The molecule has 0 aliphatic carbocycles. The van der Waals surface area contributed by atoms with Gasteiger partial charge in [-0.25, -0.2) is 9.59 Å². The van der Waals surface area contributed by atoms with E-state index in [9.17, 15) is 9.59 Å². The Morgan fingerprint density at radius 1 is 1.00 bits per heavy atom. The smallest absolute Gasteiger partial charge is 0.356 e. The Balaban J connectivity index is 2.02. The number of hydrogen-bond donors (Lipinski definition) is 2. The molecule has 23 heavy (non-hydrogen) atoms. The van der Waals surface area contributed by atoms with E-state index in [0.717, 1.165) is 11.3 Å². The predicted molar refractivity (Wildman–Crippen MR) is 88.1 cm³/mol. The van der Waals surface area contributed by atoms with E-state index >= 15 is 0 Å². The lowest BCUT2D eigenvalue weighted by molar-refractivity contribution is -0.142. The van der Waals surface area contributed by atoms with E-state index in [4.69, 9.17) is 9.47 Å². The van der Waals surface area contributed by atoms with Crippen molar-refractivity contribution < 1.29 is 19.1 Å². The Kier molecular flexibility index (Phi) is 6.34. The zero-order valence-corrected chi connectivity index (χ0v) is 13.9. The van der Waals surface area contributed by atoms with Gasteiger partial charge in [-0.05, 0) is 19.4 Å². The molecule has 124 valence electrons. The fourth-order valence-electron chi connectivity index (χ4n) is 2.01. The molecule has 0 atom stereocenters. The molecule has 1 heterocycles. The number of hydrogen-bond acceptors (Lipinski definition) is 7. The van der Waals surface area contributed by atoms with E-state index in [0.29, 0.717) is 0 Å². The van der Waals surface area contributed by atoms with Gasteiger partial charge in [0.2, 0.25) is 0 Å². The molecule has 0 bridgehead atoms. The quantitative estimate of drug-likeness (QED) is 0.734. The number of benzene rings is 1. The molecule has 1 aromatic rings. The van der Waals surface area contributed by atoms with Crippen LogP contribution in [-0.4, -0.2) is 30.7 Å². The molecule has 0 radical (unpaired) electrons. The molecule has 0 fully saturated rings. The van der Waals surface area contributed by atoms with Crippen LogP contribution in [0.15, 0.2) is 41.7 Å². The Morgan fingerprint density at radius 2 is 1.52 bits per heavy atom. The SMILES string of the molecule is CCOC(=O)C1=C(C(=O)OCC)NC(SCc2ccccc2)N1. The lowest BCUT2D eigenvalue weighted by Crippen LogP contribution is -2.32. The van der Waals surface area contributed by atoms with E-state index < -0.39 is 11.9 Å². The van der Waals surface area contributed by atoms with Crippen LogP contribution in [0.2, 0.25) is 0 Å². The summed E-state index contributed by atoms with van der Waals surface area (Å²) in [4.78, 5) is 24.0. The number of thioether (sulfide) groups is 1. The van der Waals surface area contributed by atoms with Crippen LogP contribution in [0.5, 0.6) is 0 Å². The molecule has 1 aromatic carbocycles. The topological polar surface area (TPSA) is 76.7 Å². The Hall–Kier alpha value is -2.15. The monoisotopic (exact) mass is 336 g/mol. The number of rotatable bonds is 7. The van der Waals surface area contributed by atoms with Crippen LogP contribution in [0, 0.1) is 0 Å². The summed E-state index contributed by atoms with van der Waals surface area (Å²) in [6, 6.07) is 9.94. The number of ether oxygens (including phenoxy) is 2. The predicted octanol–water partition coefficient (Wildman–Crippen LogP) is 1.73. The lowest BCUT2D eigenvalue weighted by atomic mass is 10.2. The Bertz CT molecular complexity index is 559. The van der Waals surface area contributed by atoms with Crippen LogP contribution >= 0.6 is 11.8 Å². The second kappa shape index (κ2) is 8.47. The van der Waals surface area contributed by atoms with Gasteiger partial charge in [0.05, 0.1) is 13.2 Å². The zero-order chi connectivity index (χ0) is 16.7. The summed E-state index contributed by atoms with van der Waals surface area (Å²) in [6.45, 7) is 3.91. The number of carbonyl (C=O) groups is 2. The molecule has 0 unspecified atom stereocenters. The number of carbonyl (C=O) groups excluding carboxylic acids is 2. The van der Waals surface area contributed by atoms with Gasteiger partial charge >= 0.3 is 11.9 Å². The zero-order valence-electron chi connectivity index (χ0n) is 13.1. The highest BCUT2D eigenvalue weighted by Crippen LogP contribution is 2.22. The molecule has 1 aliphatic rings. The minimum Gasteiger partial charge on any atom is -0.461 e. The average molecular weight is 336 g/mol. The van der Waals surface area contributed by atoms with E-state index in [1.165, 1.54) is 11.8 Å². The maximum absolute atomic E-state index is 12.0. The molecule has 6 nitrogen and oxygen atoms in total. The van der Waals surface area contributed by atoms with Gasteiger partial charge in [0.25, 0.3) is 0 Å². The molecule has 0 saturated carbocycles. The molecule has 1 aliphatic heterocycles. The van der Waals surface area contributed by atoms with Crippen LogP contribution in [0.1, 0.15) is 19.4 Å². The van der Waals surface area contributed by atoms with Gasteiger partial charge in [0, 0.05) is 5.75 Å². The minimum absolute atomic E-state index is 0.121. The summed E-state index contributed by atoms with van der Waals surface area (Å²) in [6.07, 6.45) is 0. The van der Waals surface area contributed by atoms with Crippen molar-refractivity contribution in [1.29, 1.82) is 0 Å². The fourth-order valence-corrected chi connectivity index (χ4v) is 2.96. The first kappa shape index (κ1) is 17.2. The summed E-state index contributed by atoms with van der Waals surface area (Å²) < 4.78 is 9.96. The lowest BCUT2D eigenvalue weighted by Gasteiger charge is -2.13. The van der Waals surface area contributed by atoms with Crippen LogP contribution < -0.4 is 10.6 Å². The van der Waals surface area contributed by atoms with Crippen molar-refractivity contribution in [3.05, 3.63) is 47.3 Å². The van der Waals surface area contributed by atoms with Gasteiger partial charge < -0.3 is 20.1 Å². The molecule has 7 heteroatoms. The molecule has 0 spiro atoms. The Labute approximate surface area is 139 Å². The summed E-state index contributed by atoms with van der Waals surface area (Å²) in [7, 11) is 0. The molecule has 0 aromatic heterocycles. The van der Waals surface area contributed by atoms with Crippen molar-refractivity contribution in [1.82, 2.24) is 10.6 Å². The summed E-state index contributed by atoms with van der Waals surface area (Å²) >= 11 is 1.54. The van der Waals surface area contributed by atoms with Crippen molar-refractivity contribution in [3.8, 4) is 0 Å². The van der Waals surface area contributed by atoms with Gasteiger partial charge in [-0.15, -0.1) is 11.8 Å². The first-order chi connectivity index (χ1) is 11.2.